The van der Waals surface area contributed by atoms with E-state index in [2.05, 4.69) is 5.32 Å². The molecule has 0 radical (unpaired) electrons. The molecule has 0 saturated carbocycles. The first-order valence-corrected chi connectivity index (χ1v) is 11.7. The summed E-state index contributed by atoms with van der Waals surface area (Å²) >= 11 is 0. The number of carbonyl (C=O) groups excluding carboxylic acids is 1. The average molecular weight is 471 g/mol. The lowest BCUT2D eigenvalue weighted by Crippen LogP contribution is -2.35. The number of carbonyl (C=O) groups is 1. The van der Waals surface area contributed by atoms with Crippen molar-refractivity contribution in [2.75, 3.05) is 25.0 Å². The Morgan fingerprint density at radius 3 is 2.41 bits per heavy atom. The summed E-state index contributed by atoms with van der Waals surface area (Å²) in [4.78, 5) is 12.9. The van der Waals surface area contributed by atoms with Crippen LogP contribution in [0, 0.1) is 6.92 Å². The third kappa shape index (κ3) is 5.24. The number of alkyl halides is 3. The van der Waals surface area contributed by atoms with Gasteiger partial charge in [0.15, 0.2) is 0 Å². The van der Waals surface area contributed by atoms with Crippen molar-refractivity contribution >= 4 is 21.6 Å². The largest absolute Gasteiger partial charge is 0.492 e. The fourth-order valence-electron chi connectivity index (χ4n) is 3.54. The van der Waals surface area contributed by atoms with Crippen LogP contribution in [-0.2, 0) is 16.2 Å². The van der Waals surface area contributed by atoms with E-state index in [1.54, 1.807) is 13.8 Å². The Balaban J connectivity index is 1.94. The van der Waals surface area contributed by atoms with Crippen molar-refractivity contribution in [3.8, 4) is 5.75 Å². The van der Waals surface area contributed by atoms with Crippen molar-refractivity contribution in [2.24, 2.45) is 0 Å². The number of nitrogens with zero attached hydrogens (tertiary/aromatic N) is 1. The Morgan fingerprint density at radius 1 is 1.09 bits per heavy atom. The molecule has 2 aromatic carbocycles. The summed E-state index contributed by atoms with van der Waals surface area (Å²) < 4.78 is 72.1. The lowest BCUT2D eigenvalue weighted by molar-refractivity contribution is -0.137. The van der Waals surface area contributed by atoms with E-state index in [1.807, 2.05) is 0 Å². The molecule has 1 fully saturated rings. The normalized spacial score (nSPS) is 15.4. The van der Waals surface area contributed by atoms with Crippen LogP contribution < -0.4 is 10.1 Å². The van der Waals surface area contributed by atoms with Crippen molar-refractivity contribution in [2.45, 2.75) is 44.2 Å². The highest BCUT2D eigenvalue weighted by atomic mass is 32.2. The molecular weight excluding hydrogens is 445 g/mol. The molecule has 1 saturated heterocycles. The van der Waals surface area contributed by atoms with Crippen molar-refractivity contribution in [3.63, 3.8) is 0 Å². The second-order valence-corrected chi connectivity index (χ2v) is 9.48. The molecule has 0 aromatic heterocycles. The molecule has 0 aliphatic carbocycles. The van der Waals surface area contributed by atoms with Gasteiger partial charge in [0.1, 0.15) is 5.75 Å². The smallest absolute Gasteiger partial charge is 0.416 e. The van der Waals surface area contributed by atoms with E-state index in [4.69, 9.17) is 4.74 Å². The predicted octanol–water partition coefficient (Wildman–Crippen LogP) is 4.84. The molecule has 3 rings (SSSR count). The van der Waals surface area contributed by atoms with E-state index in [1.165, 1.54) is 22.5 Å². The second-order valence-electron chi connectivity index (χ2n) is 7.54. The summed E-state index contributed by atoms with van der Waals surface area (Å²) in [6.45, 7) is 4.32. The lowest BCUT2D eigenvalue weighted by atomic mass is 10.1. The number of benzene rings is 2. The van der Waals surface area contributed by atoms with Gasteiger partial charge in [0.25, 0.3) is 5.91 Å². The Morgan fingerprint density at radius 2 is 1.78 bits per heavy atom. The van der Waals surface area contributed by atoms with Crippen LogP contribution in [0.2, 0.25) is 0 Å². The number of amides is 1. The highest BCUT2D eigenvalue weighted by Gasteiger charge is 2.32. The van der Waals surface area contributed by atoms with Crippen LogP contribution in [0.3, 0.4) is 0 Å². The van der Waals surface area contributed by atoms with Crippen LogP contribution in [-0.4, -0.2) is 38.3 Å². The van der Waals surface area contributed by atoms with Crippen LogP contribution in [0.25, 0.3) is 0 Å². The topological polar surface area (TPSA) is 75.7 Å². The number of halogens is 3. The molecular formula is C22H25F3N2O4S. The number of hydrogen-bond acceptors (Lipinski definition) is 4. The van der Waals surface area contributed by atoms with E-state index in [9.17, 15) is 26.4 Å². The van der Waals surface area contributed by atoms with Crippen LogP contribution in [0.5, 0.6) is 5.75 Å². The summed E-state index contributed by atoms with van der Waals surface area (Å²) in [5.74, 6) is -0.637. The highest BCUT2D eigenvalue weighted by Crippen LogP contribution is 2.35. The monoisotopic (exact) mass is 470 g/mol. The minimum atomic E-state index is -4.59. The summed E-state index contributed by atoms with van der Waals surface area (Å²) in [5, 5.41) is 2.45. The SMILES string of the molecule is CCOc1ccc(C(F)(F)F)cc1NC(=O)c1cc(S(=O)(=O)N2CCCCC2)ccc1C. The Hall–Kier alpha value is -2.59. The van der Waals surface area contributed by atoms with E-state index >= 15 is 0 Å². The number of ether oxygens (including phenoxy) is 1. The Bertz CT molecular complexity index is 1090. The van der Waals surface area contributed by atoms with Gasteiger partial charge in [-0.15, -0.1) is 0 Å². The van der Waals surface area contributed by atoms with Crippen molar-refractivity contribution in [3.05, 3.63) is 53.1 Å². The third-order valence-electron chi connectivity index (χ3n) is 5.26. The van der Waals surface area contributed by atoms with E-state index in [0.29, 0.717) is 18.7 Å². The number of aryl methyl sites for hydroxylation is 1. The molecule has 0 unspecified atom stereocenters. The summed E-state index contributed by atoms with van der Waals surface area (Å²) in [5.41, 5.74) is -0.530. The standard InChI is InChI=1S/C22H25F3N2O4S/c1-3-31-20-10-8-16(22(23,24)25)13-19(20)26-21(28)18-14-17(9-7-15(18)2)32(29,30)27-11-5-4-6-12-27/h7-10,13-14H,3-6,11-12H2,1-2H3,(H,26,28). The zero-order valence-electron chi connectivity index (χ0n) is 17.8. The van der Waals surface area contributed by atoms with Gasteiger partial charge in [0, 0.05) is 18.7 Å². The van der Waals surface area contributed by atoms with Gasteiger partial charge in [0.2, 0.25) is 10.0 Å². The maximum absolute atomic E-state index is 13.1. The third-order valence-corrected chi connectivity index (χ3v) is 7.16. The maximum atomic E-state index is 13.1. The molecule has 174 valence electrons. The predicted molar refractivity (Wildman–Crippen MR) is 114 cm³/mol. The van der Waals surface area contributed by atoms with Crippen LogP contribution in [0.1, 0.15) is 47.7 Å². The lowest BCUT2D eigenvalue weighted by Gasteiger charge is -2.26. The minimum Gasteiger partial charge on any atom is -0.492 e. The van der Waals surface area contributed by atoms with Gasteiger partial charge in [-0.1, -0.05) is 12.5 Å². The molecule has 0 atom stereocenters. The quantitative estimate of drug-likeness (QED) is 0.656. The van der Waals surface area contributed by atoms with Crippen LogP contribution >= 0.6 is 0 Å². The maximum Gasteiger partial charge on any atom is 0.416 e. The van der Waals surface area contributed by atoms with Gasteiger partial charge in [-0.25, -0.2) is 8.42 Å². The molecule has 0 spiro atoms. The summed E-state index contributed by atoms with van der Waals surface area (Å²) in [7, 11) is -3.77. The minimum absolute atomic E-state index is 0.0239. The molecule has 1 heterocycles. The van der Waals surface area contributed by atoms with Crippen molar-refractivity contribution in [1.29, 1.82) is 0 Å². The number of sulfonamides is 1. The highest BCUT2D eigenvalue weighted by molar-refractivity contribution is 7.89. The molecule has 32 heavy (non-hydrogen) atoms. The van der Waals surface area contributed by atoms with Gasteiger partial charge < -0.3 is 10.1 Å². The number of piperidine rings is 1. The average Bonchev–Trinajstić information content (AvgIpc) is 2.75. The number of anilines is 1. The summed E-state index contributed by atoms with van der Waals surface area (Å²) in [6.07, 6.45) is -2.09. The van der Waals surface area contributed by atoms with E-state index in [-0.39, 0.29) is 28.5 Å². The second kappa shape index (κ2) is 9.50. The Kier molecular flexibility index (Phi) is 7.14. The zero-order valence-corrected chi connectivity index (χ0v) is 18.6. The van der Waals surface area contributed by atoms with E-state index < -0.39 is 27.7 Å². The zero-order chi connectivity index (χ0) is 23.5. The van der Waals surface area contributed by atoms with Gasteiger partial charge in [0.05, 0.1) is 22.8 Å². The van der Waals surface area contributed by atoms with Crippen molar-refractivity contribution < 1.29 is 31.1 Å². The first kappa shape index (κ1) is 24.1. The fraction of sp³-hybridized carbons (Fsp3) is 0.409. The fourth-order valence-corrected chi connectivity index (χ4v) is 5.08. The molecule has 0 bridgehead atoms. The molecule has 1 aliphatic rings. The van der Waals surface area contributed by atoms with Gasteiger partial charge in [-0.3, -0.25) is 4.79 Å². The number of nitrogens with one attached hydrogen (secondary N) is 1. The van der Waals surface area contributed by atoms with Crippen molar-refractivity contribution in [1.82, 2.24) is 4.31 Å². The van der Waals surface area contributed by atoms with Gasteiger partial charge in [-0.2, -0.15) is 17.5 Å². The molecule has 10 heteroatoms. The number of hydrogen-bond donors (Lipinski definition) is 1. The summed E-state index contributed by atoms with van der Waals surface area (Å²) in [6, 6.07) is 7.03. The molecule has 6 nitrogen and oxygen atoms in total. The first-order chi connectivity index (χ1) is 15.0. The molecule has 1 aliphatic heterocycles. The van der Waals surface area contributed by atoms with Crippen LogP contribution in [0.15, 0.2) is 41.3 Å². The Labute approximate surface area is 185 Å². The van der Waals surface area contributed by atoms with Gasteiger partial charge >= 0.3 is 6.18 Å². The number of rotatable bonds is 6. The first-order valence-electron chi connectivity index (χ1n) is 10.3. The van der Waals surface area contributed by atoms with Crippen LogP contribution in [0.4, 0.5) is 18.9 Å². The van der Waals surface area contributed by atoms with E-state index in [0.717, 1.165) is 37.5 Å². The van der Waals surface area contributed by atoms with Gasteiger partial charge in [-0.05, 0) is 62.6 Å². The molecule has 2 aromatic rings. The molecule has 1 amide bonds. The molecule has 1 N–H and O–H groups in total.